The minimum atomic E-state index is 0.656. The van der Waals surface area contributed by atoms with E-state index in [1.54, 1.807) is 0 Å². The summed E-state index contributed by atoms with van der Waals surface area (Å²) in [6, 6.07) is 14.6. The van der Waals surface area contributed by atoms with Crippen molar-refractivity contribution in [1.29, 1.82) is 0 Å². The van der Waals surface area contributed by atoms with Gasteiger partial charge < -0.3 is 15.5 Å². The van der Waals surface area contributed by atoms with Crippen LogP contribution in [0.25, 0.3) is 22.2 Å². The fourth-order valence-electron chi connectivity index (χ4n) is 3.13. The van der Waals surface area contributed by atoms with Crippen LogP contribution in [0.2, 0.25) is 0 Å². The standard InChI is InChI=1S/C20H23BrN2O/c1-2-24-18-12-4-3-9-16(18)19-14(8-5-6-13-22)15-10-7-11-17(21)20(15)23-19/h3-4,7,9-12,23H,2,5-6,8,13,22H2,1H3. The maximum Gasteiger partial charge on any atom is 0.128 e. The molecule has 0 saturated carbocycles. The van der Waals surface area contributed by atoms with Gasteiger partial charge in [-0.1, -0.05) is 24.3 Å². The lowest BCUT2D eigenvalue weighted by molar-refractivity contribution is 0.341. The van der Waals surface area contributed by atoms with Crippen molar-refractivity contribution in [1.82, 2.24) is 4.98 Å². The minimum absolute atomic E-state index is 0.656. The van der Waals surface area contributed by atoms with Crippen LogP contribution in [0.3, 0.4) is 0 Å². The van der Waals surface area contributed by atoms with Gasteiger partial charge in [0.05, 0.1) is 17.8 Å². The predicted octanol–water partition coefficient (Wildman–Crippen LogP) is 5.28. The molecule has 2 aromatic carbocycles. The number of aromatic amines is 1. The van der Waals surface area contributed by atoms with E-state index >= 15 is 0 Å². The summed E-state index contributed by atoms with van der Waals surface area (Å²) in [5, 5.41) is 1.27. The number of nitrogens with two attached hydrogens (primary N) is 1. The summed E-state index contributed by atoms with van der Waals surface area (Å²) in [5.41, 5.74) is 10.4. The number of hydrogen-bond acceptors (Lipinski definition) is 2. The second-order valence-electron chi connectivity index (χ2n) is 5.82. The fraction of sp³-hybridized carbons (Fsp3) is 0.300. The lowest BCUT2D eigenvalue weighted by Crippen LogP contribution is -2.00. The molecule has 0 spiro atoms. The van der Waals surface area contributed by atoms with Crippen LogP contribution in [0.4, 0.5) is 0 Å². The van der Waals surface area contributed by atoms with Crippen molar-refractivity contribution < 1.29 is 4.74 Å². The predicted molar refractivity (Wildman–Crippen MR) is 105 cm³/mol. The zero-order chi connectivity index (χ0) is 16.9. The Morgan fingerprint density at radius 3 is 2.71 bits per heavy atom. The van der Waals surface area contributed by atoms with Crippen molar-refractivity contribution in [3.8, 4) is 17.0 Å². The van der Waals surface area contributed by atoms with Crippen LogP contribution in [0, 0.1) is 0 Å². The van der Waals surface area contributed by atoms with E-state index in [1.807, 2.05) is 19.1 Å². The Labute approximate surface area is 151 Å². The summed E-state index contributed by atoms with van der Waals surface area (Å²) in [4.78, 5) is 3.62. The first-order valence-electron chi connectivity index (χ1n) is 8.47. The highest BCUT2D eigenvalue weighted by atomic mass is 79.9. The molecule has 3 nitrogen and oxygen atoms in total. The van der Waals surface area contributed by atoms with Crippen LogP contribution in [0.5, 0.6) is 5.75 Å². The lowest BCUT2D eigenvalue weighted by atomic mass is 10.00. The first kappa shape index (κ1) is 17.1. The van der Waals surface area contributed by atoms with E-state index in [0.29, 0.717) is 6.61 Å². The second-order valence-corrected chi connectivity index (χ2v) is 6.67. The topological polar surface area (TPSA) is 51.0 Å². The van der Waals surface area contributed by atoms with Gasteiger partial charge in [-0.3, -0.25) is 0 Å². The summed E-state index contributed by atoms with van der Waals surface area (Å²) in [6.07, 6.45) is 3.12. The number of hydrogen-bond donors (Lipinski definition) is 2. The second kappa shape index (κ2) is 7.86. The van der Waals surface area contributed by atoms with Gasteiger partial charge in [0.2, 0.25) is 0 Å². The smallest absolute Gasteiger partial charge is 0.128 e. The maximum absolute atomic E-state index is 5.85. The van der Waals surface area contributed by atoms with Gasteiger partial charge >= 0.3 is 0 Å². The van der Waals surface area contributed by atoms with Crippen LogP contribution >= 0.6 is 15.9 Å². The molecule has 1 heterocycles. The summed E-state index contributed by atoms with van der Waals surface area (Å²) >= 11 is 3.67. The van der Waals surface area contributed by atoms with Crippen LogP contribution < -0.4 is 10.5 Å². The summed E-state index contributed by atoms with van der Waals surface area (Å²) in [6.45, 7) is 3.40. The number of halogens is 1. The van der Waals surface area contributed by atoms with E-state index in [9.17, 15) is 0 Å². The van der Waals surface area contributed by atoms with Gasteiger partial charge in [0.15, 0.2) is 0 Å². The Hall–Kier alpha value is -1.78. The number of aryl methyl sites for hydroxylation is 1. The minimum Gasteiger partial charge on any atom is -0.493 e. The third-order valence-electron chi connectivity index (χ3n) is 4.23. The Morgan fingerprint density at radius 1 is 1.08 bits per heavy atom. The molecule has 0 aliphatic rings. The summed E-state index contributed by atoms with van der Waals surface area (Å²) in [7, 11) is 0. The van der Waals surface area contributed by atoms with E-state index in [4.69, 9.17) is 10.5 Å². The van der Waals surface area contributed by atoms with E-state index in [2.05, 4.69) is 51.2 Å². The zero-order valence-electron chi connectivity index (χ0n) is 13.9. The first-order valence-corrected chi connectivity index (χ1v) is 9.27. The van der Waals surface area contributed by atoms with Crippen molar-refractivity contribution in [3.63, 3.8) is 0 Å². The van der Waals surface area contributed by atoms with Crippen molar-refractivity contribution in [2.45, 2.75) is 26.2 Å². The number of fused-ring (bicyclic) bond motifs is 1. The van der Waals surface area contributed by atoms with Crippen molar-refractivity contribution >= 4 is 26.8 Å². The molecule has 0 fully saturated rings. The van der Waals surface area contributed by atoms with Gasteiger partial charge in [0.1, 0.15) is 5.75 Å². The molecule has 4 heteroatoms. The van der Waals surface area contributed by atoms with E-state index in [0.717, 1.165) is 52.8 Å². The Kier molecular flexibility index (Phi) is 5.59. The van der Waals surface area contributed by atoms with Gasteiger partial charge in [-0.05, 0) is 72.4 Å². The number of unbranched alkanes of at least 4 members (excludes halogenated alkanes) is 1. The molecule has 126 valence electrons. The van der Waals surface area contributed by atoms with Crippen molar-refractivity contribution in [2.24, 2.45) is 5.73 Å². The molecule has 0 aliphatic carbocycles. The molecule has 0 unspecified atom stereocenters. The molecule has 3 rings (SSSR count). The first-order chi connectivity index (χ1) is 11.8. The maximum atomic E-state index is 5.85. The van der Waals surface area contributed by atoms with Crippen LogP contribution in [0.1, 0.15) is 25.3 Å². The molecule has 0 atom stereocenters. The Bertz CT molecular complexity index is 826. The quantitative estimate of drug-likeness (QED) is 0.542. The van der Waals surface area contributed by atoms with Gasteiger partial charge in [0.25, 0.3) is 0 Å². The highest BCUT2D eigenvalue weighted by molar-refractivity contribution is 9.10. The molecule has 0 bridgehead atoms. The zero-order valence-corrected chi connectivity index (χ0v) is 15.5. The SMILES string of the molecule is CCOc1ccccc1-c1[nH]c2c(Br)cccc2c1CCCCN. The Balaban J connectivity index is 2.16. The van der Waals surface area contributed by atoms with E-state index < -0.39 is 0 Å². The molecule has 24 heavy (non-hydrogen) atoms. The third kappa shape index (κ3) is 3.35. The third-order valence-corrected chi connectivity index (χ3v) is 4.89. The molecular weight excluding hydrogens is 364 g/mol. The molecule has 0 amide bonds. The lowest BCUT2D eigenvalue weighted by Gasteiger charge is -2.11. The molecular formula is C20H23BrN2O. The number of benzene rings is 2. The van der Waals surface area contributed by atoms with Gasteiger partial charge in [-0.15, -0.1) is 0 Å². The average molecular weight is 387 g/mol. The summed E-state index contributed by atoms with van der Waals surface area (Å²) < 4.78 is 6.93. The van der Waals surface area contributed by atoms with Crippen molar-refractivity contribution in [3.05, 3.63) is 52.5 Å². The van der Waals surface area contributed by atoms with Gasteiger partial charge in [0, 0.05) is 15.4 Å². The Morgan fingerprint density at radius 2 is 1.92 bits per heavy atom. The highest BCUT2D eigenvalue weighted by Crippen LogP contribution is 2.38. The molecule has 1 aromatic heterocycles. The van der Waals surface area contributed by atoms with E-state index in [1.165, 1.54) is 10.9 Å². The largest absolute Gasteiger partial charge is 0.493 e. The van der Waals surface area contributed by atoms with Crippen LogP contribution in [-0.4, -0.2) is 18.1 Å². The number of ether oxygens (including phenoxy) is 1. The summed E-state index contributed by atoms with van der Waals surface area (Å²) in [5.74, 6) is 0.919. The molecule has 3 aromatic rings. The number of rotatable bonds is 7. The molecule has 0 saturated heterocycles. The molecule has 0 radical (unpaired) electrons. The highest BCUT2D eigenvalue weighted by Gasteiger charge is 2.17. The van der Waals surface area contributed by atoms with Crippen LogP contribution in [0.15, 0.2) is 46.9 Å². The van der Waals surface area contributed by atoms with Crippen LogP contribution in [-0.2, 0) is 6.42 Å². The number of aromatic nitrogens is 1. The van der Waals surface area contributed by atoms with Crippen molar-refractivity contribution in [2.75, 3.05) is 13.2 Å². The normalized spacial score (nSPS) is 11.1. The molecule has 3 N–H and O–H groups in total. The monoisotopic (exact) mass is 386 g/mol. The van der Waals surface area contributed by atoms with Gasteiger partial charge in [-0.25, -0.2) is 0 Å². The van der Waals surface area contributed by atoms with Gasteiger partial charge in [-0.2, -0.15) is 0 Å². The van der Waals surface area contributed by atoms with E-state index in [-0.39, 0.29) is 0 Å². The number of nitrogens with one attached hydrogen (secondary N) is 1. The molecule has 0 aliphatic heterocycles. The number of para-hydroxylation sites is 2. The number of H-pyrrole nitrogens is 1. The fourth-order valence-corrected chi connectivity index (χ4v) is 3.59. The average Bonchev–Trinajstić information content (AvgIpc) is 2.96.